The number of ether oxygens (including phenoxy) is 2. The zero-order valence-corrected chi connectivity index (χ0v) is 17.4. The summed E-state index contributed by atoms with van der Waals surface area (Å²) in [4.78, 5) is 12.2. The van der Waals surface area contributed by atoms with Gasteiger partial charge >= 0.3 is 0 Å². The number of hydrazone groups is 1. The average Bonchev–Trinajstić information content (AvgIpc) is 2.67. The quantitative estimate of drug-likeness (QED) is 0.499. The van der Waals surface area contributed by atoms with E-state index in [2.05, 4.69) is 10.5 Å². The number of nitrogens with zero attached hydrogens (tertiary/aromatic N) is 2. The monoisotopic (exact) mass is 443 g/mol. The number of sulfonamides is 1. The molecule has 0 fully saturated rings. The third-order valence-electron chi connectivity index (χ3n) is 3.73. The smallest absolute Gasteiger partial charge is 0.260 e. The number of halogens is 2. The Balaban J connectivity index is 2.19. The van der Waals surface area contributed by atoms with Gasteiger partial charge in [-0.1, -0.05) is 17.7 Å². The highest BCUT2D eigenvalue weighted by Gasteiger charge is 2.22. The van der Waals surface area contributed by atoms with E-state index in [1.54, 1.807) is 0 Å². The molecule has 0 saturated carbocycles. The van der Waals surface area contributed by atoms with Crippen molar-refractivity contribution < 1.29 is 27.1 Å². The lowest BCUT2D eigenvalue weighted by Gasteiger charge is -2.22. The number of hydrogen-bond acceptors (Lipinski definition) is 6. The van der Waals surface area contributed by atoms with Gasteiger partial charge in [0.1, 0.15) is 12.4 Å². The van der Waals surface area contributed by atoms with Crippen molar-refractivity contribution in [1.82, 2.24) is 5.43 Å². The van der Waals surface area contributed by atoms with E-state index in [0.29, 0.717) is 11.5 Å². The molecule has 0 spiro atoms. The van der Waals surface area contributed by atoms with Crippen molar-refractivity contribution >= 4 is 39.4 Å². The third-order valence-corrected chi connectivity index (χ3v) is 5.20. The maximum atomic E-state index is 13.7. The Morgan fingerprint density at radius 1 is 1.24 bits per heavy atom. The number of anilines is 1. The first-order chi connectivity index (χ1) is 13.7. The second kappa shape index (κ2) is 9.57. The standard InChI is InChI=1S/C18H19ClFN3O5S/c1-27-16-8-7-12(9-17(16)28-2)23(29(3,25)26)11-18(24)22-21-10-13-14(19)5-4-6-15(13)20/h4-10H,11H2,1-3H3,(H,22,24)/b21-10-. The molecule has 2 aromatic carbocycles. The van der Waals surface area contributed by atoms with Gasteiger partial charge in [-0.2, -0.15) is 5.10 Å². The summed E-state index contributed by atoms with van der Waals surface area (Å²) >= 11 is 5.87. The number of hydrogen-bond donors (Lipinski definition) is 1. The van der Waals surface area contributed by atoms with Crippen LogP contribution in [0.2, 0.25) is 5.02 Å². The second-order valence-electron chi connectivity index (χ2n) is 5.74. The molecule has 0 heterocycles. The average molecular weight is 444 g/mol. The summed E-state index contributed by atoms with van der Waals surface area (Å²) in [6, 6.07) is 8.50. The molecule has 1 amide bonds. The molecule has 0 aromatic heterocycles. The first-order valence-electron chi connectivity index (χ1n) is 8.13. The zero-order chi connectivity index (χ0) is 21.6. The molecule has 0 aliphatic carbocycles. The second-order valence-corrected chi connectivity index (χ2v) is 8.05. The molecule has 0 saturated heterocycles. The topological polar surface area (TPSA) is 97.3 Å². The molecule has 156 valence electrons. The number of amides is 1. The molecule has 2 rings (SSSR count). The van der Waals surface area contributed by atoms with E-state index in [-0.39, 0.29) is 16.3 Å². The van der Waals surface area contributed by atoms with Gasteiger partial charge in [-0.05, 0) is 24.3 Å². The summed E-state index contributed by atoms with van der Waals surface area (Å²) < 4.78 is 49.2. The van der Waals surface area contributed by atoms with Gasteiger partial charge in [0.25, 0.3) is 5.91 Å². The Morgan fingerprint density at radius 3 is 2.52 bits per heavy atom. The maximum absolute atomic E-state index is 13.7. The van der Waals surface area contributed by atoms with Gasteiger partial charge in [0.05, 0.1) is 37.4 Å². The molecule has 1 N–H and O–H groups in total. The fourth-order valence-electron chi connectivity index (χ4n) is 2.35. The van der Waals surface area contributed by atoms with Gasteiger partial charge in [-0.25, -0.2) is 18.2 Å². The van der Waals surface area contributed by atoms with Crippen LogP contribution in [-0.4, -0.2) is 47.6 Å². The van der Waals surface area contributed by atoms with Crippen molar-refractivity contribution in [3.63, 3.8) is 0 Å². The SMILES string of the molecule is COc1ccc(N(CC(=O)N/N=C\c2c(F)cccc2Cl)S(C)(=O)=O)cc1OC. The molecule has 8 nitrogen and oxygen atoms in total. The van der Waals surface area contributed by atoms with E-state index in [9.17, 15) is 17.6 Å². The van der Waals surface area contributed by atoms with Crippen molar-refractivity contribution in [2.24, 2.45) is 5.10 Å². The molecule has 2 aromatic rings. The Labute approximate surface area is 172 Å². The number of rotatable bonds is 8. The van der Waals surface area contributed by atoms with Crippen LogP contribution in [-0.2, 0) is 14.8 Å². The summed E-state index contributed by atoms with van der Waals surface area (Å²) in [5.74, 6) is -0.653. The van der Waals surface area contributed by atoms with Crippen LogP contribution in [0.3, 0.4) is 0 Å². The van der Waals surface area contributed by atoms with E-state index in [1.165, 1.54) is 50.6 Å². The molecule has 0 aliphatic heterocycles. The van der Waals surface area contributed by atoms with Gasteiger partial charge in [-0.3, -0.25) is 9.10 Å². The molecule has 0 atom stereocenters. The lowest BCUT2D eigenvalue weighted by atomic mass is 10.2. The lowest BCUT2D eigenvalue weighted by molar-refractivity contribution is -0.119. The van der Waals surface area contributed by atoms with E-state index in [4.69, 9.17) is 21.1 Å². The summed E-state index contributed by atoms with van der Waals surface area (Å²) in [5.41, 5.74) is 2.34. The summed E-state index contributed by atoms with van der Waals surface area (Å²) in [6.07, 6.45) is 2.00. The predicted molar refractivity (Wildman–Crippen MR) is 109 cm³/mol. The van der Waals surface area contributed by atoms with E-state index < -0.39 is 28.3 Å². The lowest BCUT2D eigenvalue weighted by Crippen LogP contribution is -2.39. The number of carbonyl (C=O) groups excluding carboxylic acids is 1. The van der Waals surface area contributed by atoms with Crippen LogP contribution in [0.1, 0.15) is 5.56 Å². The highest BCUT2D eigenvalue weighted by atomic mass is 35.5. The molecule has 0 unspecified atom stereocenters. The first-order valence-corrected chi connectivity index (χ1v) is 10.4. The summed E-state index contributed by atoms with van der Waals surface area (Å²) in [6.45, 7) is -0.559. The van der Waals surface area contributed by atoms with Crippen molar-refractivity contribution in [3.8, 4) is 11.5 Å². The highest BCUT2D eigenvalue weighted by molar-refractivity contribution is 7.92. The Bertz CT molecular complexity index is 1010. The predicted octanol–water partition coefficient (Wildman–Crippen LogP) is 2.41. The van der Waals surface area contributed by atoms with Gasteiger partial charge in [-0.15, -0.1) is 0 Å². The maximum Gasteiger partial charge on any atom is 0.260 e. The molecular formula is C18H19ClFN3O5S. The normalized spacial score (nSPS) is 11.3. The minimum atomic E-state index is -3.81. The van der Waals surface area contributed by atoms with Crippen molar-refractivity contribution in [3.05, 3.63) is 52.8 Å². The van der Waals surface area contributed by atoms with Crippen molar-refractivity contribution in [2.75, 3.05) is 31.3 Å². The van der Waals surface area contributed by atoms with Crippen LogP contribution >= 0.6 is 11.6 Å². The van der Waals surface area contributed by atoms with Crippen molar-refractivity contribution in [1.29, 1.82) is 0 Å². The van der Waals surface area contributed by atoms with Crippen LogP contribution in [0, 0.1) is 5.82 Å². The molecular weight excluding hydrogens is 425 g/mol. The van der Waals surface area contributed by atoms with Crippen LogP contribution in [0.15, 0.2) is 41.5 Å². The molecule has 0 aliphatic rings. The minimum Gasteiger partial charge on any atom is -0.493 e. The minimum absolute atomic E-state index is 0.00525. The largest absolute Gasteiger partial charge is 0.493 e. The molecule has 29 heavy (non-hydrogen) atoms. The van der Waals surface area contributed by atoms with Crippen LogP contribution < -0.4 is 19.2 Å². The molecule has 0 bridgehead atoms. The Morgan fingerprint density at radius 2 is 1.93 bits per heavy atom. The van der Waals surface area contributed by atoms with Crippen LogP contribution in [0.4, 0.5) is 10.1 Å². The fourth-order valence-corrected chi connectivity index (χ4v) is 3.41. The van der Waals surface area contributed by atoms with E-state index in [0.717, 1.165) is 16.8 Å². The summed E-state index contributed by atoms with van der Waals surface area (Å²) in [7, 11) is -0.957. The van der Waals surface area contributed by atoms with Gasteiger partial charge in [0, 0.05) is 11.6 Å². The Hall–Kier alpha value is -2.85. The summed E-state index contributed by atoms with van der Waals surface area (Å²) in [5, 5.41) is 3.75. The highest BCUT2D eigenvalue weighted by Crippen LogP contribution is 2.32. The number of nitrogens with one attached hydrogen (secondary N) is 1. The zero-order valence-electron chi connectivity index (χ0n) is 15.8. The fraction of sp³-hybridized carbons (Fsp3) is 0.222. The van der Waals surface area contributed by atoms with Gasteiger partial charge < -0.3 is 9.47 Å². The van der Waals surface area contributed by atoms with Crippen LogP contribution in [0.5, 0.6) is 11.5 Å². The number of methoxy groups -OCH3 is 2. The third kappa shape index (κ3) is 5.81. The van der Waals surface area contributed by atoms with Crippen molar-refractivity contribution in [2.45, 2.75) is 0 Å². The molecule has 0 radical (unpaired) electrons. The van der Waals surface area contributed by atoms with Crippen LogP contribution in [0.25, 0.3) is 0 Å². The first kappa shape index (κ1) is 22.4. The number of carbonyl (C=O) groups is 1. The Kier molecular flexibility index (Phi) is 7.40. The molecule has 11 heteroatoms. The number of benzene rings is 2. The van der Waals surface area contributed by atoms with E-state index >= 15 is 0 Å². The van der Waals surface area contributed by atoms with E-state index in [1.807, 2.05) is 0 Å². The van der Waals surface area contributed by atoms with Gasteiger partial charge in [0.15, 0.2) is 11.5 Å². The van der Waals surface area contributed by atoms with Gasteiger partial charge in [0.2, 0.25) is 10.0 Å².